The summed E-state index contributed by atoms with van der Waals surface area (Å²) in [5.41, 5.74) is 3.83. The molecule has 6 heteroatoms. The third kappa shape index (κ3) is 5.20. The van der Waals surface area contributed by atoms with Gasteiger partial charge >= 0.3 is 0 Å². The monoisotopic (exact) mass is 415 g/mol. The lowest BCUT2D eigenvalue weighted by molar-refractivity contribution is 0.153. The van der Waals surface area contributed by atoms with E-state index in [9.17, 15) is 0 Å². The molecule has 3 heterocycles. The van der Waals surface area contributed by atoms with Crippen LogP contribution in [-0.4, -0.2) is 39.8 Å². The quantitative estimate of drug-likeness (QED) is 0.571. The Balaban J connectivity index is 1.05. The van der Waals surface area contributed by atoms with Crippen LogP contribution in [0.5, 0.6) is 5.88 Å². The first-order valence-corrected chi connectivity index (χ1v) is 11.3. The predicted molar refractivity (Wildman–Crippen MR) is 121 cm³/mol. The van der Waals surface area contributed by atoms with Crippen LogP contribution >= 0.6 is 0 Å². The maximum Gasteiger partial charge on any atom is 0.233 e. The highest BCUT2D eigenvalue weighted by molar-refractivity contribution is 5.54. The number of hydrogen-bond acceptors (Lipinski definition) is 6. The van der Waals surface area contributed by atoms with Gasteiger partial charge in [-0.25, -0.2) is 0 Å². The second-order valence-electron chi connectivity index (χ2n) is 8.69. The molecule has 1 aliphatic carbocycles. The van der Waals surface area contributed by atoms with E-state index in [4.69, 9.17) is 4.74 Å². The van der Waals surface area contributed by atoms with Gasteiger partial charge < -0.3 is 10.1 Å². The maximum absolute atomic E-state index is 5.88. The molecule has 2 aromatic heterocycles. The molecule has 1 aliphatic heterocycles. The van der Waals surface area contributed by atoms with Crippen molar-refractivity contribution in [2.45, 2.75) is 38.1 Å². The van der Waals surface area contributed by atoms with Gasteiger partial charge in [0, 0.05) is 30.7 Å². The average molecular weight is 416 g/mol. The summed E-state index contributed by atoms with van der Waals surface area (Å²) >= 11 is 0. The molecular formula is C25H29N5O. The average Bonchev–Trinajstić information content (AvgIpc) is 3.29. The fourth-order valence-electron chi connectivity index (χ4n) is 4.49. The second kappa shape index (κ2) is 9.43. The summed E-state index contributed by atoms with van der Waals surface area (Å²) in [4.78, 5) is 6.56. The molecule has 0 bridgehead atoms. The summed E-state index contributed by atoms with van der Waals surface area (Å²) < 4.78 is 5.88. The van der Waals surface area contributed by atoms with Gasteiger partial charge in [0.15, 0.2) is 5.82 Å². The van der Waals surface area contributed by atoms with Gasteiger partial charge in [0.1, 0.15) is 0 Å². The minimum absolute atomic E-state index is 0.579. The Morgan fingerprint density at radius 3 is 2.39 bits per heavy atom. The molecule has 0 spiro atoms. The minimum atomic E-state index is 0.579. The van der Waals surface area contributed by atoms with Crippen molar-refractivity contribution in [1.29, 1.82) is 0 Å². The van der Waals surface area contributed by atoms with E-state index in [0.717, 1.165) is 12.2 Å². The summed E-state index contributed by atoms with van der Waals surface area (Å²) in [6, 6.07) is 16.8. The Kier molecular flexibility index (Phi) is 6.07. The number of ether oxygens (including phenoxy) is 1. The van der Waals surface area contributed by atoms with Crippen molar-refractivity contribution >= 4 is 11.5 Å². The second-order valence-corrected chi connectivity index (χ2v) is 8.69. The van der Waals surface area contributed by atoms with E-state index in [0.29, 0.717) is 30.1 Å². The highest BCUT2D eigenvalue weighted by atomic mass is 16.5. The summed E-state index contributed by atoms with van der Waals surface area (Å²) in [6.07, 6.45) is 8.54. The number of rotatable bonds is 8. The normalized spacial score (nSPS) is 20.9. The smallest absolute Gasteiger partial charge is 0.233 e. The van der Waals surface area contributed by atoms with Crippen LogP contribution in [0.4, 0.5) is 11.5 Å². The molecule has 0 atom stereocenters. The maximum atomic E-state index is 5.88. The Bertz CT molecular complexity index is 949. The number of pyridine rings is 1. The Morgan fingerprint density at radius 1 is 0.903 bits per heavy atom. The largest absolute Gasteiger partial charge is 0.476 e. The van der Waals surface area contributed by atoms with Crippen molar-refractivity contribution < 1.29 is 4.74 Å². The number of hydrogen-bond donors (Lipinski definition) is 1. The van der Waals surface area contributed by atoms with E-state index in [1.54, 1.807) is 12.4 Å². The molecule has 5 rings (SSSR count). The number of nitrogens with zero attached hydrogens (tertiary/aromatic N) is 4. The molecule has 0 amide bonds. The molecule has 1 saturated carbocycles. The fourth-order valence-corrected chi connectivity index (χ4v) is 4.49. The lowest BCUT2D eigenvalue weighted by atomic mass is 9.72. The SMILES string of the molecule is c1cc(Nc2ccc(OC[C@H]3C[C@@H](c4ccc(CN5CCCC5)cc4)C3)nn2)ccn1. The number of anilines is 2. The molecule has 6 nitrogen and oxygen atoms in total. The zero-order chi connectivity index (χ0) is 20.9. The molecule has 1 saturated heterocycles. The van der Waals surface area contributed by atoms with E-state index in [1.165, 1.54) is 49.9 Å². The molecule has 3 aromatic rings. The van der Waals surface area contributed by atoms with Gasteiger partial charge in [0.05, 0.1) is 6.61 Å². The summed E-state index contributed by atoms with van der Waals surface area (Å²) in [5.74, 6) is 2.52. The first-order valence-electron chi connectivity index (χ1n) is 11.3. The molecule has 31 heavy (non-hydrogen) atoms. The van der Waals surface area contributed by atoms with Crippen molar-refractivity contribution in [3.8, 4) is 5.88 Å². The topological polar surface area (TPSA) is 63.2 Å². The van der Waals surface area contributed by atoms with E-state index in [2.05, 4.69) is 49.7 Å². The van der Waals surface area contributed by atoms with Crippen LogP contribution < -0.4 is 10.1 Å². The zero-order valence-electron chi connectivity index (χ0n) is 17.8. The van der Waals surface area contributed by atoms with Gasteiger partial charge in [-0.1, -0.05) is 24.3 Å². The van der Waals surface area contributed by atoms with Crippen molar-refractivity contribution in [2.75, 3.05) is 25.0 Å². The Hall–Kier alpha value is -2.99. The van der Waals surface area contributed by atoms with Crippen molar-refractivity contribution in [3.63, 3.8) is 0 Å². The van der Waals surface area contributed by atoms with Gasteiger partial charge in [-0.15, -0.1) is 10.2 Å². The third-order valence-electron chi connectivity index (χ3n) is 6.35. The van der Waals surface area contributed by atoms with Crippen LogP contribution in [0, 0.1) is 5.92 Å². The minimum Gasteiger partial charge on any atom is -0.476 e. The molecule has 0 unspecified atom stereocenters. The van der Waals surface area contributed by atoms with Gasteiger partial charge in [-0.2, -0.15) is 0 Å². The first-order chi connectivity index (χ1) is 15.3. The third-order valence-corrected chi connectivity index (χ3v) is 6.35. The van der Waals surface area contributed by atoms with Gasteiger partial charge in [0.2, 0.25) is 5.88 Å². The molecule has 2 fully saturated rings. The molecule has 2 aliphatic rings. The van der Waals surface area contributed by atoms with Crippen molar-refractivity contribution in [2.24, 2.45) is 5.92 Å². The van der Waals surface area contributed by atoms with Crippen molar-refractivity contribution in [1.82, 2.24) is 20.1 Å². The van der Waals surface area contributed by atoms with Crippen LogP contribution in [0.2, 0.25) is 0 Å². The lowest BCUT2D eigenvalue weighted by Gasteiger charge is -2.35. The van der Waals surface area contributed by atoms with E-state index >= 15 is 0 Å². The molecular weight excluding hydrogens is 386 g/mol. The zero-order valence-corrected chi connectivity index (χ0v) is 17.8. The van der Waals surface area contributed by atoms with Gasteiger partial charge in [-0.3, -0.25) is 9.88 Å². The summed E-state index contributed by atoms with van der Waals surface area (Å²) in [5, 5.41) is 11.6. The van der Waals surface area contributed by atoms with E-state index < -0.39 is 0 Å². The number of aromatic nitrogens is 3. The van der Waals surface area contributed by atoms with Crippen LogP contribution in [0.15, 0.2) is 60.9 Å². The number of nitrogens with one attached hydrogen (secondary N) is 1. The summed E-state index contributed by atoms with van der Waals surface area (Å²) in [6.45, 7) is 4.30. The molecule has 1 N–H and O–H groups in total. The predicted octanol–water partition coefficient (Wildman–Crippen LogP) is 4.78. The van der Waals surface area contributed by atoms with Crippen LogP contribution in [-0.2, 0) is 6.54 Å². The Morgan fingerprint density at radius 2 is 1.68 bits per heavy atom. The fraction of sp³-hybridized carbons (Fsp3) is 0.400. The number of benzene rings is 1. The Labute approximate surface area is 183 Å². The van der Waals surface area contributed by atoms with Crippen LogP contribution in [0.3, 0.4) is 0 Å². The molecule has 0 radical (unpaired) electrons. The molecule has 1 aromatic carbocycles. The highest BCUT2D eigenvalue weighted by Gasteiger charge is 2.30. The number of likely N-dealkylation sites (tertiary alicyclic amines) is 1. The van der Waals surface area contributed by atoms with Crippen LogP contribution in [0.25, 0.3) is 0 Å². The lowest BCUT2D eigenvalue weighted by Crippen LogP contribution is -2.27. The van der Waals surface area contributed by atoms with E-state index in [1.807, 2.05) is 24.3 Å². The van der Waals surface area contributed by atoms with Crippen LogP contribution in [0.1, 0.15) is 42.7 Å². The highest BCUT2D eigenvalue weighted by Crippen LogP contribution is 2.41. The van der Waals surface area contributed by atoms with Gasteiger partial charge in [0.25, 0.3) is 0 Å². The van der Waals surface area contributed by atoms with Crippen molar-refractivity contribution in [3.05, 3.63) is 72.1 Å². The summed E-state index contributed by atoms with van der Waals surface area (Å²) in [7, 11) is 0. The van der Waals surface area contributed by atoms with Gasteiger partial charge in [-0.05, 0) is 79.9 Å². The molecule has 160 valence electrons. The standard InChI is InChI=1S/C25H29N5O/c1-2-14-30(13-1)17-19-3-5-21(6-4-19)22-15-20(16-22)18-31-25-8-7-24(28-29-25)27-23-9-11-26-12-10-23/h3-12,20,22H,1-2,13-18H2,(H,26,27,28)/t20-,22+. The van der Waals surface area contributed by atoms with E-state index in [-0.39, 0.29) is 0 Å². The first kappa shape index (κ1) is 19.9.